The molecule has 2 rings (SSSR count). The average molecular weight is 300 g/mol. The fraction of sp³-hybridized carbons (Fsp3) is 0.278. The molecular weight excluding hydrogens is 280 g/mol. The summed E-state index contributed by atoms with van der Waals surface area (Å²) in [5, 5.41) is 9.92. The minimum atomic E-state index is -0.773. The lowest BCUT2D eigenvalue weighted by atomic mass is 10.1. The van der Waals surface area contributed by atoms with Crippen LogP contribution < -0.4 is 9.47 Å². The van der Waals surface area contributed by atoms with Gasteiger partial charge in [-0.1, -0.05) is 37.3 Å². The van der Waals surface area contributed by atoms with E-state index in [0.29, 0.717) is 23.5 Å². The van der Waals surface area contributed by atoms with Crippen LogP contribution in [-0.2, 0) is 0 Å². The fourth-order valence-corrected chi connectivity index (χ4v) is 1.96. The lowest BCUT2D eigenvalue weighted by Gasteiger charge is -2.15. The topological polar surface area (TPSA) is 55.8 Å². The number of benzene rings is 2. The van der Waals surface area contributed by atoms with E-state index >= 15 is 0 Å². The number of Topliss-reactive ketones (excluding diaryl/α,β-unsaturated/α-hetero) is 1. The summed E-state index contributed by atoms with van der Waals surface area (Å²) in [4.78, 5) is 11.8. The van der Waals surface area contributed by atoms with Gasteiger partial charge < -0.3 is 14.6 Å². The maximum absolute atomic E-state index is 11.8. The van der Waals surface area contributed by atoms with Crippen molar-refractivity contribution in [3.05, 3.63) is 60.2 Å². The lowest BCUT2D eigenvalue weighted by molar-refractivity contribution is 0.0620. The Kier molecular flexibility index (Phi) is 5.98. The van der Waals surface area contributed by atoms with Gasteiger partial charge in [0.15, 0.2) is 5.78 Å². The molecule has 0 saturated heterocycles. The van der Waals surface area contributed by atoms with Gasteiger partial charge >= 0.3 is 0 Å². The molecule has 0 spiro atoms. The Hall–Kier alpha value is -2.33. The normalized spacial score (nSPS) is 11.7. The molecule has 0 bridgehead atoms. The van der Waals surface area contributed by atoms with E-state index in [1.54, 1.807) is 24.3 Å². The van der Waals surface area contributed by atoms with Crippen molar-refractivity contribution < 1.29 is 19.4 Å². The van der Waals surface area contributed by atoms with E-state index in [2.05, 4.69) is 0 Å². The van der Waals surface area contributed by atoms with E-state index in [0.717, 1.165) is 0 Å². The second-order valence-corrected chi connectivity index (χ2v) is 4.86. The highest BCUT2D eigenvalue weighted by Crippen LogP contribution is 2.20. The highest BCUT2D eigenvalue weighted by molar-refractivity contribution is 5.98. The summed E-state index contributed by atoms with van der Waals surface area (Å²) in [6.45, 7) is 2.01. The van der Waals surface area contributed by atoms with E-state index in [-0.39, 0.29) is 19.0 Å². The number of ether oxygens (including phenoxy) is 2. The average Bonchev–Trinajstić information content (AvgIpc) is 2.58. The van der Waals surface area contributed by atoms with Crippen LogP contribution in [0.3, 0.4) is 0 Å². The molecule has 0 amide bonds. The summed E-state index contributed by atoms with van der Waals surface area (Å²) >= 11 is 0. The minimum Gasteiger partial charge on any atom is -0.491 e. The molecule has 0 aliphatic rings. The van der Waals surface area contributed by atoms with Gasteiger partial charge in [0.1, 0.15) is 30.8 Å². The first-order chi connectivity index (χ1) is 10.7. The summed E-state index contributed by atoms with van der Waals surface area (Å²) in [7, 11) is 0. The van der Waals surface area contributed by atoms with Crippen LogP contribution in [0.25, 0.3) is 0 Å². The van der Waals surface area contributed by atoms with Gasteiger partial charge in [-0.25, -0.2) is 0 Å². The molecule has 0 fully saturated rings. The van der Waals surface area contributed by atoms with E-state index < -0.39 is 6.10 Å². The highest BCUT2D eigenvalue weighted by Gasteiger charge is 2.12. The number of aliphatic hydroxyl groups is 1. The van der Waals surface area contributed by atoms with Crippen molar-refractivity contribution in [1.82, 2.24) is 0 Å². The first-order valence-corrected chi connectivity index (χ1v) is 7.31. The Morgan fingerprint density at radius 2 is 1.64 bits per heavy atom. The van der Waals surface area contributed by atoms with Gasteiger partial charge in [0.2, 0.25) is 0 Å². The second kappa shape index (κ2) is 8.20. The summed E-state index contributed by atoms with van der Waals surface area (Å²) in [5.41, 5.74) is 0.543. The number of carbonyl (C=O) groups excluding carboxylic acids is 1. The number of hydrogen-bond donors (Lipinski definition) is 1. The van der Waals surface area contributed by atoms with Gasteiger partial charge in [0.25, 0.3) is 0 Å². The van der Waals surface area contributed by atoms with E-state index in [1.165, 1.54) is 0 Å². The smallest absolute Gasteiger partial charge is 0.166 e. The second-order valence-electron chi connectivity index (χ2n) is 4.86. The van der Waals surface area contributed by atoms with Gasteiger partial charge in [-0.15, -0.1) is 0 Å². The number of hydrogen-bond acceptors (Lipinski definition) is 4. The van der Waals surface area contributed by atoms with Crippen molar-refractivity contribution >= 4 is 5.78 Å². The Bertz CT molecular complexity index is 595. The molecule has 2 aromatic rings. The standard InChI is InChI=1S/C18H20O4/c1-2-17(20)16-10-6-7-11-18(16)22-13-14(19)12-21-15-8-4-3-5-9-15/h3-11,14,19H,2,12-13H2,1H3. The van der Waals surface area contributed by atoms with Crippen molar-refractivity contribution in [3.8, 4) is 11.5 Å². The SMILES string of the molecule is CCC(=O)c1ccccc1OCC(O)COc1ccccc1. The number of para-hydroxylation sites is 2. The van der Waals surface area contributed by atoms with Gasteiger partial charge in [0.05, 0.1) is 5.56 Å². The molecule has 0 aliphatic heterocycles. The largest absolute Gasteiger partial charge is 0.491 e. The molecule has 4 nitrogen and oxygen atoms in total. The van der Waals surface area contributed by atoms with Crippen molar-refractivity contribution in [2.75, 3.05) is 13.2 Å². The van der Waals surface area contributed by atoms with Crippen LogP contribution in [0.5, 0.6) is 11.5 Å². The van der Waals surface area contributed by atoms with Gasteiger partial charge in [-0.05, 0) is 24.3 Å². The van der Waals surface area contributed by atoms with Crippen LogP contribution in [0.15, 0.2) is 54.6 Å². The summed E-state index contributed by atoms with van der Waals surface area (Å²) < 4.78 is 11.0. The summed E-state index contributed by atoms with van der Waals surface area (Å²) in [6.07, 6.45) is -0.356. The third-order valence-corrected chi connectivity index (χ3v) is 3.13. The molecule has 0 saturated carbocycles. The number of rotatable bonds is 8. The Morgan fingerprint density at radius 3 is 2.36 bits per heavy atom. The minimum absolute atomic E-state index is 0.0191. The van der Waals surface area contributed by atoms with Crippen LogP contribution in [0, 0.1) is 0 Å². The first-order valence-electron chi connectivity index (χ1n) is 7.31. The molecule has 116 valence electrons. The molecular formula is C18H20O4. The van der Waals surface area contributed by atoms with Crippen LogP contribution in [0.1, 0.15) is 23.7 Å². The van der Waals surface area contributed by atoms with Gasteiger partial charge in [-0.2, -0.15) is 0 Å². The predicted octanol–water partition coefficient (Wildman–Crippen LogP) is 3.10. The Morgan fingerprint density at radius 1 is 1.00 bits per heavy atom. The zero-order valence-corrected chi connectivity index (χ0v) is 12.6. The molecule has 4 heteroatoms. The van der Waals surface area contributed by atoms with Crippen LogP contribution in [0.4, 0.5) is 0 Å². The molecule has 1 unspecified atom stereocenters. The van der Waals surface area contributed by atoms with Crippen LogP contribution in [-0.4, -0.2) is 30.2 Å². The molecule has 1 atom stereocenters. The molecule has 0 heterocycles. The zero-order chi connectivity index (χ0) is 15.8. The molecule has 0 aromatic heterocycles. The maximum Gasteiger partial charge on any atom is 0.166 e. The van der Waals surface area contributed by atoms with Crippen molar-refractivity contribution in [3.63, 3.8) is 0 Å². The summed E-state index contributed by atoms with van der Waals surface area (Å²) in [5.74, 6) is 1.21. The lowest BCUT2D eigenvalue weighted by Crippen LogP contribution is -2.25. The highest BCUT2D eigenvalue weighted by atomic mass is 16.5. The third-order valence-electron chi connectivity index (χ3n) is 3.13. The van der Waals surface area contributed by atoms with Crippen molar-refractivity contribution in [2.45, 2.75) is 19.4 Å². The number of carbonyl (C=O) groups is 1. The van der Waals surface area contributed by atoms with E-state index in [9.17, 15) is 9.90 Å². The third kappa shape index (κ3) is 4.60. The summed E-state index contributed by atoms with van der Waals surface area (Å²) in [6, 6.07) is 16.3. The molecule has 1 N–H and O–H groups in total. The molecule has 2 aromatic carbocycles. The first kappa shape index (κ1) is 16.0. The molecule has 0 aliphatic carbocycles. The van der Waals surface area contributed by atoms with E-state index in [4.69, 9.17) is 9.47 Å². The van der Waals surface area contributed by atoms with Crippen molar-refractivity contribution in [2.24, 2.45) is 0 Å². The zero-order valence-electron chi connectivity index (χ0n) is 12.6. The number of aliphatic hydroxyl groups excluding tert-OH is 1. The van der Waals surface area contributed by atoms with Gasteiger partial charge in [0, 0.05) is 6.42 Å². The van der Waals surface area contributed by atoms with Crippen LogP contribution in [0.2, 0.25) is 0 Å². The Labute approximate surface area is 130 Å². The maximum atomic E-state index is 11.8. The molecule has 0 radical (unpaired) electrons. The fourth-order valence-electron chi connectivity index (χ4n) is 1.96. The molecule has 22 heavy (non-hydrogen) atoms. The van der Waals surface area contributed by atoms with Gasteiger partial charge in [-0.3, -0.25) is 4.79 Å². The Balaban J connectivity index is 1.86. The number of ketones is 1. The monoisotopic (exact) mass is 300 g/mol. The van der Waals surface area contributed by atoms with Crippen molar-refractivity contribution in [1.29, 1.82) is 0 Å². The van der Waals surface area contributed by atoms with Crippen LogP contribution >= 0.6 is 0 Å². The van der Waals surface area contributed by atoms with E-state index in [1.807, 2.05) is 37.3 Å². The predicted molar refractivity (Wildman–Crippen MR) is 84.5 cm³/mol. The quantitative estimate of drug-likeness (QED) is 0.761.